The van der Waals surface area contributed by atoms with Crippen LogP contribution in [0.5, 0.6) is 0 Å². The van der Waals surface area contributed by atoms with Gasteiger partial charge in [-0.1, -0.05) is 35.3 Å². The molecule has 0 bridgehead atoms. The fourth-order valence-electron chi connectivity index (χ4n) is 2.13. The van der Waals surface area contributed by atoms with Crippen LogP contribution in [0.15, 0.2) is 71.9 Å². The van der Waals surface area contributed by atoms with E-state index in [0.717, 1.165) is 5.69 Å². The van der Waals surface area contributed by atoms with Gasteiger partial charge in [0.25, 0.3) is 10.0 Å². The molecule has 0 aliphatic carbocycles. The molecule has 1 aromatic heterocycles. The zero-order valence-corrected chi connectivity index (χ0v) is 14.1. The molecule has 0 radical (unpaired) electrons. The molecule has 0 aliphatic heterocycles. The summed E-state index contributed by atoms with van der Waals surface area (Å²) >= 11 is 11.7. The zero-order valence-electron chi connectivity index (χ0n) is 11.8. The summed E-state index contributed by atoms with van der Waals surface area (Å²) in [6.45, 7) is 0. The zero-order chi connectivity index (χ0) is 16.4. The highest BCUT2D eigenvalue weighted by Gasteiger charge is 2.17. The molecule has 2 aromatic carbocycles. The fourth-order valence-corrected chi connectivity index (χ4v) is 3.59. The third-order valence-corrected chi connectivity index (χ3v) is 5.33. The van der Waals surface area contributed by atoms with Crippen LogP contribution < -0.4 is 4.72 Å². The van der Waals surface area contributed by atoms with Crippen LogP contribution in [0.2, 0.25) is 10.0 Å². The topological polar surface area (TPSA) is 51.1 Å². The predicted molar refractivity (Wildman–Crippen MR) is 93.0 cm³/mol. The van der Waals surface area contributed by atoms with Gasteiger partial charge in [-0.25, -0.2) is 8.42 Å². The molecule has 7 heteroatoms. The van der Waals surface area contributed by atoms with Gasteiger partial charge >= 0.3 is 0 Å². The van der Waals surface area contributed by atoms with Gasteiger partial charge in [0, 0.05) is 12.4 Å². The number of aromatic nitrogens is 1. The third-order valence-electron chi connectivity index (χ3n) is 3.23. The first-order chi connectivity index (χ1) is 11.0. The molecule has 118 valence electrons. The molecular formula is C16H12Cl2N2O2S. The largest absolute Gasteiger partial charge is 0.322 e. The lowest BCUT2D eigenvalue weighted by Gasteiger charge is -2.13. The van der Waals surface area contributed by atoms with Crippen LogP contribution in [-0.4, -0.2) is 13.0 Å². The quantitative estimate of drug-likeness (QED) is 0.734. The number of rotatable bonds is 4. The van der Waals surface area contributed by atoms with Crippen LogP contribution in [-0.2, 0) is 10.0 Å². The van der Waals surface area contributed by atoms with Crippen LogP contribution in [0.4, 0.5) is 5.69 Å². The average Bonchev–Trinajstić information content (AvgIpc) is 3.04. The summed E-state index contributed by atoms with van der Waals surface area (Å²) in [6, 6.07) is 15.0. The van der Waals surface area contributed by atoms with Crippen molar-refractivity contribution in [3.05, 3.63) is 77.0 Å². The normalized spacial score (nSPS) is 11.4. The van der Waals surface area contributed by atoms with Crippen LogP contribution in [0.25, 0.3) is 5.69 Å². The molecule has 1 N–H and O–H groups in total. The van der Waals surface area contributed by atoms with E-state index in [2.05, 4.69) is 4.72 Å². The second-order valence-electron chi connectivity index (χ2n) is 4.79. The Morgan fingerprint density at radius 2 is 1.57 bits per heavy atom. The monoisotopic (exact) mass is 366 g/mol. The van der Waals surface area contributed by atoms with Crippen molar-refractivity contribution in [3.8, 4) is 5.69 Å². The Hall–Kier alpha value is -1.95. The Morgan fingerprint density at radius 3 is 2.26 bits per heavy atom. The van der Waals surface area contributed by atoms with E-state index in [1.807, 2.05) is 41.2 Å². The summed E-state index contributed by atoms with van der Waals surface area (Å²) in [6.07, 6.45) is 3.68. The molecule has 0 spiro atoms. The number of halogens is 2. The maximum Gasteiger partial charge on any atom is 0.262 e. The van der Waals surface area contributed by atoms with E-state index < -0.39 is 10.0 Å². The Morgan fingerprint density at radius 1 is 0.870 bits per heavy atom. The van der Waals surface area contributed by atoms with Gasteiger partial charge in [-0.3, -0.25) is 4.72 Å². The average molecular weight is 367 g/mol. The fraction of sp³-hybridized carbons (Fsp3) is 0. The molecule has 4 nitrogen and oxygen atoms in total. The highest BCUT2D eigenvalue weighted by atomic mass is 35.5. The summed E-state index contributed by atoms with van der Waals surface area (Å²) < 4.78 is 29.5. The molecule has 0 unspecified atom stereocenters. The molecule has 0 saturated heterocycles. The van der Waals surface area contributed by atoms with Crippen molar-refractivity contribution in [1.82, 2.24) is 4.57 Å². The molecular weight excluding hydrogens is 355 g/mol. The first kappa shape index (κ1) is 15.9. The molecule has 0 fully saturated rings. The van der Waals surface area contributed by atoms with Crippen LogP contribution in [0.3, 0.4) is 0 Å². The second-order valence-corrected chi connectivity index (χ2v) is 7.29. The Labute approximate surface area is 144 Å². The van der Waals surface area contributed by atoms with Crippen molar-refractivity contribution in [3.63, 3.8) is 0 Å². The Bertz CT molecular complexity index is 938. The first-order valence-corrected chi connectivity index (χ1v) is 8.91. The van der Waals surface area contributed by atoms with E-state index in [9.17, 15) is 8.42 Å². The standard InChI is InChI=1S/C16H12Cl2N2O2S/c17-13-8-7-12(11-14(13)18)23(21,22)19-15-5-1-2-6-16(15)20-9-3-4-10-20/h1-11,19H. The van der Waals surface area contributed by atoms with Gasteiger partial charge in [-0.05, 0) is 42.5 Å². The van der Waals surface area contributed by atoms with Gasteiger partial charge in [-0.2, -0.15) is 0 Å². The Balaban J connectivity index is 2.00. The minimum atomic E-state index is -3.77. The highest BCUT2D eigenvalue weighted by molar-refractivity contribution is 7.92. The molecule has 0 amide bonds. The van der Waals surface area contributed by atoms with Gasteiger partial charge < -0.3 is 4.57 Å². The molecule has 1 heterocycles. The molecule has 23 heavy (non-hydrogen) atoms. The lowest BCUT2D eigenvalue weighted by Crippen LogP contribution is -2.14. The van der Waals surface area contributed by atoms with E-state index in [0.29, 0.717) is 10.7 Å². The molecule has 0 saturated carbocycles. The van der Waals surface area contributed by atoms with Crippen LogP contribution in [0, 0.1) is 0 Å². The smallest absolute Gasteiger partial charge is 0.262 e. The number of hydrogen-bond donors (Lipinski definition) is 1. The van der Waals surface area contributed by atoms with E-state index in [-0.39, 0.29) is 9.92 Å². The number of sulfonamides is 1. The van der Waals surface area contributed by atoms with Crippen molar-refractivity contribution in [2.45, 2.75) is 4.90 Å². The van der Waals surface area contributed by atoms with Crippen LogP contribution >= 0.6 is 23.2 Å². The summed E-state index contributed by atoms with van der Waals surface area (Å²) in [7, 11) is -3.77. The van der Waals surface area contributed by atoms with Crippen molar-refractivity contribution < 1.29 is 8.42 Å². The van der Waals surface area contributed by atoms with E-state index in [4.69, 9.17) is 23.2 Å². The lowest BCUT2D eigenvalue weighted by atomic mass is 10.3. The number of nitrogens with zero attached hydrogens (tertiary/aromatic N) is 1. The van der Waals surface area contributed by atoms with Gasteiger partial charge in [0.05, 0.1) is 26.3 Å². The maximum atomic E-state index is 12.6. The van der Waals surface area contributed by atoms with E-state index in [1.165, 1.54) is 18.2 Å². The summed E-state index contributed by atoms with van der Waals surface area (Å²) in [5.74, 6) is 0. The van der Waals surface area contributed by atoms with Gasteiger partial charge in [0.2, 0.25) is 0 Å². The molecule has 0 aliphatic rings. The van der Waals surface area contributed by atoms with Crippen molar-refractivity contribution in [2.75, 3.05) is 4.72 Å². The van der Waals surface area contributed by atoms with Crippen molar-refractivity contribution in [2.24, 2.45) is 0 Å². The SMILES string of the molecule is O=S(=O)(Nc1ccccc1-n1cccc1)c1ccc(Cl)c(Cl)c1. The minimum Gasteiger partial charge on any atom is -0.322 e. The number of nitrogens with one attached hydrogen (secondary N) is 1. The predicted octanol–water partition coefficient (Wildman–Crippen LogP) is 4.58. The maximum absolute atomic E-state index is 12.6. The third kappa shape index (κ3) is 3.37. The van der Waals surface area contributed by atoms with Gasteiger partial charge in [-0.15, -0.1) is 0 Å². The highest BCUT2D eigenvalue weighted by Crippen LogP contribution is 2.27. The summed E-state index contributed by atoms with van der Waals surface area (Å²) in [4.78, 5) is 0.0502. The van der Waals surface area contributed by atoms with E-state index >= 15 is 0 Å². The number of para-hydroxylation sites is 2. The molecule has 3 rings (SSSR count). The van der Waals surface area contributed by atoms with Crippen molar-refractivity contribution in [1.29, 1.82) is 0 Å². The second kappa shape index (κ2) is 6.28. The lowest BCUT2D eigenvalue weighted by molar-refractivity contribution is 0.601. The molecule has 0 atom stereocenters. The van der Waals surface area contributed by atoms with E-state index in [1.54, 1.807) is 12.1 Å². The number of hydrogen-bond acceptors (Lipinski definition) is 2. The number of benzene rings is 2. The number of anilines is 1. The van der Waals surface area contributed by atoms with Crippen LogP contribution in [0.1, 0.15) is 0 Å². The Kier molecular flexibility index (Phi) is 4.35. The minimum absolute atomic E-state index is 0.0502. The summed E-state index contributed by atoms with van der Waals surface area (Å²) in [5.41, 5.74) is 1.19. The molecule has 3 aromatic rings. The van der Waals surface area contributed by atoms with Gasteiger partial charge in [0.1, 0.15) is 0 Å². The first-order valence-electron chi connectivity index (χ1n) is 6.67. The van der Waals surface area contributed by atoms with Gasteiger partial charge in [0.15, 0.2) is 0 Å². The summed E-state index contributed by atoms with van der Waals surface area (Å²) in [5, 5.41) is 0.492. The van der Waals surface area contributed by atoms with Crippen molar-refractivity contribution >= 4 is 38.9 Å².